The summed E-state index contributed by atoms with van der Waals surface area (Å²) in [4.78, 5) is 27.0. The van der Waals surface area contributed by atoms with Crippen LogP contribution in [0.25, 0.3) is 10.2 Å². The molecule has 1 aromatic heterocycles. The fourth-order valence-electron chi connectivity index (χ4n) is 2.85. The average Bonchev–Trinajstić information content (AvgIpc) is 2.89. The van der Waals surface area contributed by atoms with E-state index in [4.69, 9.17) is 5.11 Å². The van der Waals surface area contributed by atoms with E-state index in [1.165, 1.54) is 0 Å². The molecule has 1 saturated carbocycles. The van der Waals surface area contributed by atoms with Crippen LogP contribution in [0, 0.1) is 11.8 Å². The summed E-state index contributed by atoms with van der Waals surface area (Å²) >= 11 is 3.17. The third-order valence-corrected chi connectivity index (χ3v) is 6.40. The SMILES string of the molecule is O=C(O)C1CCC(Sc2nc3ccccc3s2)CC1C(=O)O. The highest BCUT2D eigenvalue weighted by molar-refractivity contribution is 8.01. The zero-order valence-corrected chi connectivity index (χ0v) is 13.3. The molecule has 1 aromatic carbocycles. The van der Waals surface area contributed by atoms with Gasteiger partial charge in [0.15, 0.2) is 4.34 Å². The van der Waals surface area contributed by atoms with E-state index in [9.17, 15) is 14.7 Å². The number of carboxylic acid groups (broad SMARTS) is 2. The molecular weight excluding hydrogens is 322 g/mol. The summed E-state index contributed by atoms with van der Waals surface area (Å²) in [5, 5.41) is 18.5. The third kappa shape index (κ3) is 3.10. The number of thiazole rings is 1. The first-order valence-electron chi connectivity index (χ1n) is 7.02. The molecule has 116 valence electrons. The topological polar surface area (TPSA) is 87.5 Å². The van der Waals surface area contributed by atoms with Gasteiger partial charge in [-0.25, -0.2) is 4.98 Å². The Morgan fingerprint density at radius 1 is 1.14 bits per heavy atom. The molecule has 5 nitrogen and oxygen atoms in total. The minimum atomic E-state index is -1.01. The van der Waals surface area contributed by atoms with Gasteiger partial charge >= 0.3 is 11.9 Å². The first kappa shape index (κ1) is 15.3. The maximum absolute atomic E-state index is 11.3. The van der Waals surface area contributed by atoms with Crippen molar-refractivity contribution >= 4 is 45.3 Å². The van der Waals surface area contributed by atoms with Crippen molar-refractivity contribution in [3.63, 3.8) is 0 Å². The van der Waals surface area contributed by atoms with Crippen molar-refractivity contribution in [2.24, 2.45) is 11.8 Å². The van der Waals surface area contributed by atoms with Crippen molar-refractivity contribution in [2.75, 3.05) is 0 Å². The number of aromatic nitrogens is 1. The molecule has 1 heterocycles. The summed E-state index contributed by atoms with van der Waals surface area (Å²) in [6, 6.07) is 7.87. The Morgan fingerprint density at radius 2 is 1.86 bits per heavy atom. The Balaban J connectivity index is 1.73. The van der Waals surface area contributed by atoms with Crippen LogP contribution >= 0.6 is 23.1 Å². The summed E-state index contributed by atoms with van der Waals surface area (Å²) in [6.07, 6.45) is 1.50. The van der Waals surface area contributed by atoms with Crippen molar-refractivity contribution < 1.29 is 19.8 Å². The number of rotatable bonds is 4. The zero-order chi connectivity index (χ0) is 15.7. The largest absolute Gasteiger partial charge is 0.481 e. The van der Waals surface area contributed by atoms with Crippen molar-refractivity contribution in [3.8, 4) is 0 Å². The first-order chi connectivity index (χ1) is 10.5. The fourth-order valence-corrected chi connectivity index (χ4v) is 5.41. The van der Waals surface area contributed by atoms with Gasteiger partial charge in [0.1, 0.15) is 0 Å². The van der Waals surface area contributed by atoms with Crippen molar-refractivity contribution in [1.82, 2.24) is 4.98 Å². The van der Waals surface area contributed by atoms with Gasteiger partial charge in [0.2, 0.25) is 0 Å². The number of thioether (sulfide) groups is 1. The van der Waals surface area contributed by atoms with Gasteiger partial charge in [0.25, 0.3) is 0 Å². The van der Waals surface area contributed by atoms with E-state index in [0.717, 1.165) is 14.6 Å². The second-order valence-electron chi connectivity index (χ2n) is 5.39. The Kier molecular flexibility index (Phi) is 4.35. The van der Waals surface area contributed by atoms with Crippen LogP contribution in [0.3, 0.4) is 0 Å². The number of fused-ring (bicyclic) bond motifs is 1. The van der Waals surface area contributed by atoms with E-state index in [1.54, 1.807) is 23.1 Å². The monoisotopic (exact) mass is 337 g/mol. The second kappa shape index (κ2) is 6.26. The lowest BCUT2D eigenvalue weighted by molar-refractivity contribution is -0.155. The maximum Gasteiger partial charge on any atom is 0.307 e. The van der Waals surface area contributed by atoms with E-state index < -0.39 is 23.8 Å². The van der Waals surface area contributed by atoms with E-state index in [-0.39, 0.29) is 5.25 Å². The smallest absolute Gasteiger partial charge is 0.307 e. The molecule has 22 heavy (non-hydrogen) atoms. The summed E-state index contributed by atoms with van der Waals surface area (Å²) in [5.41, 5.74) is 0.948. The van der Waals surface area contributed by atoms with Crippen molar-refractivity contribution in [3.05, 3.63) is 24.3 Å². The summed E-state index contributed by atoms with van der Waals surface area (Å²) in [5.74, 6) is -3.60. The molecule has 0 spiro atoms. The fraction of sp³-hybridized carbons (Fsp3) is 0.400. The van der Waals surface area contributed by atoms with Crippen LogP contribution in [0.1, 0.15) is 19.3 Å². The molecule has 1 aliphatic rings. The molecule has 3 rings (SSSR count). The molecule has 3 unspecified atom stereocenters. The maximum atomic E-state index is 11.3. The van der Waals surface area contributed by atoms with Crippen LogP contribution in [0.5, 0.6) is 0 Å². The third-order valence-electron chi connectivity index (χ3n) is 3.98. The molecule has 0 saturated heterocycles. The van der Waals surface area contributed by atoms with Crippen LogP contribution in [-0.4, -0.2) is 32.4 Å². The number of carbonyl (C=O) groups is 2. The molecule has 0 radical (unpaired) electrons. The number of benzene rings is 1. The van der Waals surface area contributed by atoms with Crippen molar-refractivity contribution in [1.29, 1.82) is 0 Å². The Bertz CT molecular complexity index is 681. The number of carboxylic acids is 2. The van der Waals surface area contributed by atoms with E-state index in [0.29, 0.717) is 19.3 Å². The van der Waals surface area contributed by atoms with Gasteiger partial charge in [-0.15, -0.1) is 11.3 Å². The molecule has 1 aliphatic carbocycles. The van der Waals surface area contributed by atoms with Gasteiger partial charge in [0.05, 0.1) is 22.1 Å². The van der Waals surface area contributed by atoms with Crippen LogP contribution in [0.4, 0.5) is 0 Å². The zero-order valence-electron chi connectivity index (χ0n) is 11.6. The number of hydrogen-bond donors (Lipinski definition) is 2. The molecule has 7 heteroatoms. The highest BCUT2D eigenvalue weighted by atomic mass is 32.2. The molecule has 0 aliphatic heterocycles. The summed E-state index contributed by atoms with van der Waals surface area (Å²) in [7, 11) is 0. The molecule has 2 aromatic rings. The number of hydrogen-bond acceptors (Lipinski definition) is 5. The van der Waals surface area contributed by atoms with Gasteiger partial charge < -0.3 is 10.2 Å². The Labute approximate surface area is 135 Å². The number of nitrogens with zero attached hydrogens (tertiary/aromatic N) is 1. The molecule has 0 amide bonds. The van der Waals surface area contributed by atoms with Crippen molar-refractivity contribution in [2.45, 2.75) is 28.9 Å². The van der Waals surface area contributed by atoms with Gasteiger partial charge in [-0.3, -0.25) is 9.59 Å². The normalized spacial score (nSPS) is 25.2. The molecule has 2 N–H and O–H groups in total. The predicted molar refractivity (Wildman–Crippen MR) is 85.4 cm³/mol. The van der Waals surface area contributed by atoms with Gasteiger partial charge in [-0.1, -0.05) is 23.9 Å². The van der Waals surface area contributed by atoms with E-state index in [1.807, 2.05) is 24.3 Å². The van der Waals surface area contributed by atoms with Gasteiger partial charge in [-0.2, -0.15) is 0 Å². The molecular formula is C15H15NO4S2. The average molecular weight is 337 g/mol. The molecule has 0 bridgehead atoms. The minimum absolute atomic E-state index is 0.109. The lowest BCUT2D eigenvalue weighted by Crippen LogP contribution is -2.36. The molecule has 3 atom stereocenters. The van der Waals surface area contributed by atoms with Crippen LogP contribution in [0.2, 0.25) is 0 Å². The second-order valence-corrected chi connectivity index (χ2v) is 7.97. The first-order valence-corrected chi connectivity index (χ1v) is 8.72. The lowest BCUT2D eigenvalue weighted by Gasteiger charge is -2.30. The quantitative estimate of drug-likeness (QED) is 0.889. The Hall–Kier alpha value is -1.60. The number of aliphatic carboxylic acids is 2. The van der Waals surface area contributed by atoms with Gasteiger partial charge in [0, 0.05) is 5.25 Å². The van der Waals surface area contributed by atoms with Crippen LogP contribution in [0.15, 0.2) is 28.6 Å². The van der Waals surface area contributed by atoms with Crippen LogP contribution < -0.4 is 0 Å². The van der Waals surface area contributed by atoms with E-state index >= 15 is 0 Å². The van der Waals surface area contributed by atoms with E-state index in [2.05, 4.69) is 4.98 Å². The predicted octanol–water partition coefficient (Wildman–Crippen LogP) is 3.34. The molecule has 1 fully saturated rings. The summed E-state index contributed by atoms with van der Waals surface area (Å²) in [6.45, 7) is 0. The number of para-hydroxylation sites is 1. The standard InChI is InChI=1S/C15H15NO4S2/c17-13(18)9-6-5-8(7-10(9)14(19)20)21-15-16-11-3-1-2-4-12(11)22-15/h1-4,8-10H,5-7H2,(H,17,18)(H,19,20). The summed E-state index contributed by atoms with van der Waals surface area (Å²) < 4.78 is 2.03. The van der Waals surface area contributed by atoms with Crippen LogP contribution in [-0.2, 0) is 9.59 Å². The minimum Gasteiger partial charge on any atom is -0.481 e. The lowest BCUT2D eigenvalue weighted by atomic mass is 9.79. The van der Waals surface area contributed by atoms with Gasteiger partial charge in [-0.05, 0) is 31.4 Å². The highest BCUT2D eigenvalue weighted by Gasteiger charge is 2.39. The highest BCUT2D eigenvalue weighted by Crippen LogP contribution is 2.41. The Morgan fingerprint density at radius 3 is 2.55 bits per heavy atom.